The number of hydrogen-bond acceptors (Lipinski definition) is 7. The Morgan fingerprint density at radius 3 is 2.82 bits per heavy atom. The second kappa shape index (κ2) is 7.66. The second-order valence-electron chi connectivity index (χ2n) is 9.62. The monoisotopic (exact) mass is 477 g/mol. The van der Waals surface area contributed by atoms with Crippen LogP contribution in [0.15, 0.2) is 27.9 Å². The van der Waals surface area contributed by atoms with Crippen LogP contribution in [0.5, 0.6) is 0 Å². The van der Waals surface area contributed by atoms with Crippen molar-refractivity contribution in [3.8, 4) is 11.4 Å². The average Bonchev–Trinajstić information content (AvgIpc) is 3.20. The van der Waals surface area contributed by atoms with Gasteiger partial charge in [0.05, 0.1) is 29.0 Å². The first-order valence-corrected chi connectivity index (χ1v) is 12.7. The zero-order chi connectivity index (χ0) is 23.8. The zero-order valence-electron chi connectivity index (χ0n) is 19.6. The maximum absolute atomic E-state index is 13.5. The number of ether oxygens (including phenoxy) is 1. The summed E-state index contributed by atoms with van der Waals surface area (Å²) in [5.41, 5.74) is 4.83. The van der Waals surface area contributed by atoms with Crippen molar-refractivity contribution in [1.29, 1.82) is 0 Å². The third kappa shape index (κ3) is 2.95. The number of esters is 1. The van der Waals surface area contributed by atoms with Crippen LogP contribution in [-0.2, 0) is 41.1 Å². The summed E-state index contributed by atoms with van der Waals surface area (Å²) in [6, 6.07) is 6.07. The van der Waals surface area contributed by atoms with Gasteiger partial charge < -0.3 is 19.3 Å². The van der Waals surface area contributed by atoms with Crippen molar-refractivity contribution in [2.45, 2.75) is 49.8 Å². The molecule has 3 aliphatic heterocycles. The van der Waals surface area contributed by atoms with E-state index in [9.17, 15) is 14.7 Å². The molecule has 0 radical (unpaired) electrons. The fourth-order valence-corrected chi connectivity index (χ4v) is 6.75. The van der Waals surface area contributed by atoms with Gasteiger partial charge in [-0.3, -0.25) is 4.79 Å². The van der Waals surface area contributed by atoms with Crippen molar-refractivity contribution in [1.82, 2.24) is 14.5 Å². The number of fused-ring (bicyclic) bond motifs is 5. The number of aliphatic hydroxyl groups is 1. The van der Waals surface area contributed by atoms with Crippen LogP contribution in [0.1, 0.15) is 41.2 Å². The molecule has 1 atom stereocenters. The summed E-state index contributed by atoms with van der Waals surface area (Å²) in [6.07, 6.45) is 2.05. The van der Waals surface area contributed by atoms with E-state index in [4.69, 9.17) is 9.72 Å². The number of hydrogen-bond donors (Lipinski definition) is 1. The van der Waals surface area contributed by atoms with Crippen LogP contribution < -0.4 is 5.56 Å². The van der Waals surface area contributed by atoms with Gasteiger partial charge in [0.2, 0.25) is 0 Å². The number of benzene rings is 1. The second-order valence-corrected chi connectivity index (χ2v) is 10.7. The van der Waals surface area contributed by atoms with Gasteiger partial charge in [0, 0.05) is 33.7 Å². The Hall–Kier alpha value is -2.68. The number of pyridine rings is 2. The van der Waals surface area contributed by atoms with E-state index in [2.05, 4.69) is 31.1 Å². The summed E-state index contributed by atoms with van der Waals surface area (Å²) in [6.45, 7) is 3.06. The van der Waals surface area contributed by atoms with Crippen LogP contribution in [0.25, 0.3) is 22.3 Å². The molecule has 0 amide bonds. The highest BCUT2D eigenvalue weighted by Gasteiger charge is 2.45. The maximum atomic E-state index is 13.5. The van der Waals surface area contributed by atoms with Gasteiger partial charge in [0.25, 0.3) is 5.56 Å². The van der Waals surface area contributed by atoms with Gasteiger partial charge in [-0.15, -0.1) is 11.8 Å². The summed E-state index contributed by atoms with van der Waals surface area (Å²) in [5.74, 6) is 0.301. The first-order chi connectivity index (χ1) is 16.3. The molecule has 5 heterocycles. The Bertz CT molecular complexity index is 1440. The molecule has 6 rings (SSSR count). The van der Waals surface area contributed by atoms with E-state index in [-0.39, 0.29) is 18.6 Å². The van der Waals surface area contributed by atoms with Crippen LogP contribution in [0.2, 0.25) is 0 Å². The van der Waals surface area contributed by atoms with Crippen LogP contribution in [0, 0.1) is 0 Å². The number of likely N-dealkylation sites (N-methyl/N-ethyl adjacent to an activating group) is 1. The minimum Gasteiger partial charge on any atom is -0.458 e. The van der Waals surface area contributed by atoms with E-state index < -0.39 is 11.6 Å². The SMILES string of the molecule is CCC1(O)C(=O)OCc2c1cc1n(c2=O)Cc2c-1nc1ccc(CCN(C)C)c3c1c2CCS3. The van der Waals surface area contributed by atoms with E-state index >= 15 is 0 Å². The van der Waals surface area contributed by atoms with Crippen LogP contribution in [0.4, 0.5) is 0 Å². The molecule has 1 N–H and O–H groups in total. The maximum Gasteiger partial charge on any atom is 0.343 e. The number of aromatic nitrogens is 2. The summed E-state index contributed by atoms with van der Waals surface area (Å²) in [7, 11) is 4.18. The summed E-state index contributed by atoms with van der Waals surface area (Å²) >= 11 is 1.90. The number of cyclic esters (lactones) is 1. The minimum absolute atomic E-state index is 0.107. The molecule has 8 heteroatoms. The molecule has 34 heavy (non-hydrogen) atoms. The lowest BCUT2D eigenvalue weighted by atomic mass is 9.86. The molecule has 0 spiro atoms. The van der Waals surface area contributed by atoms with Crippen LogP contribution in [0.3, 0.4) is 0 Å². The number of thioether (sulfide) groups is 1. The van der Waals surface area contributed by atoms with Crippen molar-refractivity contribution in [3.05, 3.63) is 56.4 Å². The Balaban J connectivity index is 1.57. The van der Waals surface area contributed by atoms with Gasteiger partial charge in [-0.05, 0) is 56.6 Å². The lowest BCUT2D eigenvalue weighted by Crippen LogP contribution is -2.44. The van der Waals surface area contributed by atoms with E-state index in [0.717, 1.165) is 41.9 Å². The molecule has 0 fully saturated rings. The first-order valence-electron chi connectivity index (χ1n) is 11.8. The molecule has 2 aromatic heterocycles. The van der Waals surface area contributed by atoms with Crippen molar-refractivity contribution in [3.63, 3.8) is 0 Å². The number of aryl methyl sites for hydroxylation is 1. The topological polar surface area (TPSA) is 84.7 Å². The highest BCUT2D eigenvalue weighted by Crippen LogP contribution is 2.45. The predicted octanol–water partition coefficient (Wildman–Crippen LogP) is 2.83. The predicted molar refractivity (Wildman–Crippen MR) is 131 cm³/mol. The molecular weight excluding hydrogens is 450 g/mol. The molecule has 3 aliphatic rings. The molecule has 1 aromatic carbocycles. The zero-order valence-corrected chi connectivity index (χ0v) is 20.4. The van der Waals surface area contributed by atoms with Gasteiger partial charge in [0.1, 0.15) is 6.61 Å². The third-order valence-corrected chi connectivity index (χ3v) is 8.59. The fourth-order valence-electron chi connectivity index (χ4n) is 5.51. The molecule has 0 aliphatic carbocycles. The first kappa shape index (κ1) is 21.8. The quantitative estimate of drug-likeness (QED) is 0.453. The van der Waals surface area contributed by atoms with Crippen LogP contribution in [-0.4, -0.2) is 51.9 Å². The molecule has 0 bridgehead atoms. The summed E-state index contributed by atoms with van der Waals surface area (Å²) in [5, 5.41) is 12.3. The van der Waals surface area contributed by atoms with E-state index in [1.54, 1.807) is 17.6 Å². The Morgan fingerprint density at radius 2 is 2.06 bits per heavy atom. The van der Waals surface area contributed by atoms with Crippen molar-refractivity contribution < 1.29 is 14.6 Å². The lowest BCUT2D eigenvalue weighted by molar-refractivity contribution is -0.172. The largest absolute Gasteiger partial charge is 0.458 e. The Morgan fingerprint density at radius 1 is 1.24 bits per heavy atom. The van der Waals surface area contributed by atoms with Gasteiger partial charge in [0.15, 0.2) is 5.60 Å². The van der Waals surface area contributed by atoms with E-state index in [0.29, 0.717) is 23.4 Å². The van der Waals surface area contributed by atoms with E-state index in [1.165, 1.54) is 21.4 Å². The number of rotatable bonds is 4. The highest BCUT2D eigenvalue weighted by atomic mass is 32.2. The smallest absolute Gasteiger partial charge is 0.343 e. The number of carbonyl (C=O) groups excluding carboxylic acids is 1. The van der Waals surface area contributed by atoms with Crippen LogP contribution >= 0.6 is 11.8 Å². The van der Waals surface area contributed by atoms with Crippen molar-refractivity contribution in [2.24, 2.45) is 0 Å². The molecule has 0 saturated carbocycles. The standard InChI is InChI=1S/C26H27N3O4S/c1-4-26(32)18-11-20-22-16(12-29(20)24(30)17(18)13-33-25(26)31)15-8-10-34-23-14(7-9-28(2)3)5-6-19(27-22)21(15)23/h5-6,11,32H,4,7-10,12-13H2,1-3H3. The van der Waals surface area contributed by atoms with Gasteiger partial charge >= 0.3 is 5.97 Å². The highest BCUT2D eigenvalue weighted by molar-refractivity contribution is 7.99. The summed E-state index contributed by atoms with van der Waals surface area (Å²) < 4.78 is 6.92. The molecule has 0 saturated heterocycles. The normalized spacial score (nSPS) is 20.3. The Labute approximate surface area is 201 Å². The molecule has 3 aromatic rings. The third-order valence-electron chi connectivity index (χ3n) is 7.43. The van der Waals surface area contributed by atoms with Gasteiger partial charge in [-0.2, -0.15) is 0 Å². The van der Waals surface area contributed by atoms with Gasteiger partial charge in [-0.25, -0.2) is 9.78 Å². The molecular formula is C26H27N3O4S. The summed E-state index contributed by atoms with van der Waals surface area (Å²) in [4.78, 5) is 34.5. The molecule has 1 unspecified atom stereocenters. The van der Waals surface area contributed by atoms with Crippen molar-refractivity contribution in [2.75, 3.05) is 26.4 Å². The van der Waals surface area contributed by atoms with Crippen molar-refractivity contribution >= 4 is 28.6 Å². The number of carbonyl (C=O) groups is 1. The molecule has 176 valence electrons. The van der Waals surface area contributed by atoms with E-state index in [1.807, 2.05) is 11.8 Å². The Kier molecular flexibility index (Phi) is 4.92. The number of nitrogens with zero attached hydrogens (tertiary/aromatic N) is 3. The minimum atomic E-state index is -1.80. The van der Waals surface area contributed by atoms with Gasteiger partial charge in [-0.1, -0.05) is 13.0 Å². The average molecular weight is 478 g/mol. The lowest BCUT2D eigenvalue weighted by Gasteiger charge is -2.31. The molecule has 7 nitrogen and oxygen atoms in total. The fraction of sp³-hybridized carbons (Fsp3) is 0.423.